The van der Waals surface area contributed by atoms with Gasteiger partial charge in [0.2, 0.25) is 0 Å². The van der Waals surface area contributed by atoms with E-state index in [4.69, 9.17) is 11.6 Å². The Labute approximate surface area is 108 Å². The molecule has 1 N–H and O–H groups in total. The molecule has 0 aliphatic carbocycles. The quantitative estimate of drug-likeness (QED) is 0.857. The van der Waals surface area contributed by atoms with Crippen molar-refractivity contribution in [2.24, 2.45) is 0 Å². The Hall–Kier alpha value is -1.33. The second kappa shape index (κ2) is 4.16. The predicted molar refractivity (Wildman–Crippen MR) is 66.9 cm³/mol. The topological polar surface area (TPSA) is 49.4 Å². The first-order valence-corrected chi connectivity index (χ1v) is 6.22. The summed E-state index contributed by atoms with van der Waals surface area (Å²) < 4.78 is 0. The number of thiophene rings is 1. The van der Waals surface area contributed by atoms with Crippen molar-refractivity contribution in [3.63, 3.8) is 0 Å². The monoisotopic (exact) mass is 270 g/mol. The van der Waals surface area contributed by atoms with Crippen molar-refractivity contribution in [1.82, 2.24) is 10.2 Å². The Balaban J connectivity index is 2.32. The zero-order chi connectivity index (χ0) is 12.6. The first kappa shape index (κ1) is 12.1. The van der Waals surface area contributed by atoms with Crippen LogP contribution in [0.4, 0.5) is 4.79 Å². The fourth-order valence-corrected chi connectivity index (χ4v) is 2.70. The van der Waals surface area contributed by atoms with E-state index in [1.54, 1.807) is 6.92 Å². The number of nitrogens with zero attached hydrogens (tertiary/aromatic N) is 1. The van der Waals surface area contributed by atoms with Gasteiger partial charge in [-0.15, -0.1) is 11.3 Å². The Morgan fingerprint density at radius 2 is 2.35 bits per heavy atom. The average molecular weight is 271 g/mol. The molecule has 1 atom stereocenters. The largest absolute Gasteiger partial charge is 0.325 e. The van der Waals surface area contributed by atoms with E-state index in [-0.39, 0.29) is 17.5 Å². The van der Waals surface area contributed by atoms with E-state index in [0.717, 1.165) is 9.78 Å². The summed E-state index contributed by atoms with van der Waals surface area (Å²) in [5.74, 6) is -0.299. The number of halogens is 1. The van der Waals surface area contributed by atoms with Crippen molar-refractivity contribution >= 4 is 34.9 Å². The summed E-state index contributed by atoms with van der Waals surface area (Å²) in [6.07, 6.45) is 0. The van der Waals surface area contributed by atoms with Crippen LogP contribution in [0.15, 0.2) is 29.1 Å². The van der Waals surface area contributed by atoms with Gasteiger partial charge in [0.15, 0.2) is 5.54 Å². The summed E-state index contributed by atoms with van der Waals surface area (Å²) in [6, 6.07) is 3.23. The van der Waals surface area contributed by atoms with Gasteiger partial charge in [0.05, 0.1) is 6.54 Å². The Bertz CT molecular complexity index is 486. The number of hydrogen-bond donors (Lipinski definition) is 1. The number of nitrogens with one attached hydrogen (secondary N) is 1. The normalized spacial score (nSPS) is 24.0. The number of urea groups is 1. The highest BCUT2D eigenvalue weighted by Gasteiger charge is 2.49. The van der Waals surface area contributed by atoms with Gasteiger partial charge in [-0.1, -0.05) is 24.2 Å². The van der Waals surface area contributed by atoms with E-state index in [0.29, 0.717) is 0 Å². The molecule has 6 heteroatoms. The van der Waals surface area contributed by atoms with Crippen LogP contribution in [0.2, 0.25) is 0 Å². The highest BCUT2D eigenvalue weighted by Crippen LogP contribution is 2.32. The SMILES string of the molecule is C=C(Cl)CN1C(=O)NC(C)(c2cccs2)C1=O. The number of carbonyl (C=O) groups excluding carboxylic acids is 2. The zero-order valence-corrected chi connectivity index (χ0v) is 10.8. The van der Waals surface area contributed by atoms with E-state index in [2.05, 4.69) is 11.9 Å². The molecular weight excluding hydrogens is 260 g/mol. The molecule has 2 rings (SSSR count). The van der Waals surface area contributed by atoms with Crippen molar-refractivity contribution in [2.45, 2.75) is 12.5 Å². The summed E-state index contributed by atoms with van der Waals surface area (Å²) in [5, 5.41) is 4.80. The fraction of sp³-hybridized carbons (Fsp3) is 0.273. The number of hydrogen-bond acceptors (Lipinski definition) is 3. The van der Waals surface area contributed by atoms with Crippen LogP contribution < -0.4 is 5.32 Å². The van der Waals surface area contributed by atoms with E-state index >= 15 is 0 Å². The lowest BCUT2D eigenvalue weighted by atomic mass is 10.0. The van der Waals surface area contributed by atoms with Gasteiger partial charge in [-0.3, -0.25) is 9.69 Å². The van der Waals surface area contributed by atoms with Crippen LogP contribution in [0.5, 0.6) is 0 Å². The highest BCUT2D eigenvalue weighted by molar-refractivity contribution is 7.10. The number of amides is 3. The third kappa shape index (κ3) is 1.96. The van der Waals surface area contributed by atoms with Crippen molar-refractivity contribution in [2.75, 3.05) is 6.54 Å². The second-order valence-corrected chi connectivity index (χ2v) is 5.42. The third-order valence-corrected chi connectivity index (χ3v) is 3.83. The summed E-state index contributed by atoms with van der Waals surface area (Å²) in [7, 11) is 0. The van der Waals surface area contributed by atoms with Crippen molar-refractivity contribution in [1.29, 1.82) is 0 Å². The minimum Gasteiger partial charge on any atom is -0.319 e. The van der Waals surface area contributed by atoms with Crippen molar-refractivity contribution in [3.8, 4) is 0 Å². The van der Waals surface area contributed by atoms with Gasteiger partial charge in [0.1, 0.15) is 0 Å². The molecule has 1 aliphatic heterocycles. The first-order valence-electron chi connectivity index (χ1n) is 4.96. The van der Waals surface area contributed by atoms with Crippen LogP contribution in [0, 0.1) is 0 Å². The van der Waals surface area contributed by atoms with Crippen LogP contribution in [0.1, 0.15) is 11.8 Å². The lowest BCUT2D eigenvalue weighted by Gasteiger charge is -2.19. The molecule has 0 bridgehead atoms. The maximum Gasteiger partial charge on any atom is 0.325 e. The van der Waals surface area contributed by atoms with Gasteiger partial charge in [-0.05, 0) is 18.4 Å². The first-order chi connectivity index (χ1) is 7.95. The molecule has 1 saturated heterocycles. The molecule has 0 aromatic carbocycles. The molecule has 1 aromatic rings. The standard InChI is InChI=1S/C11H11ClN2O2S/c1-7(12)6-14-9(15)11(2,13-10(14)16)8-4-3-5-17-8/h3-5H,1,6H2,2H3,(H,13,16). The molecular formula is C11H11ClN2O2S. The summed E-state index contributed by atoms with van der Waals surface area (Å²) in [6.45, 7) is 5.22. The number of carbonyl (C=O) groups is 2. The maximum atomic E-state index is 12.2. The zero-order valence-electron chi connectivity index (χ0n) is 9.20. The maximum absolute atomic E-state index is 12.2. The molecule has 0 saturated carbocycles. The minimum atomic E-state index is -0.989. The molecule has 0 radical (unpaired) electrons. The van der Waals surface area contributed by atoms with Crippen LogP contribution in [-0.4, -0.2) is 23.4 Å². The van der Waals surface area contributed by atoms with E-state index in [1.807, 2.05) is 17.5 Å². The molecule has 1 unspecified atom stereocenters. The number of rotatable bonds is 3. The molecule has 1 aliphatic rings. The molecule has 4 nitrogen and oxygen atoms in total. The lowest BCUT2D eigenvalue weighted by Crippen LogP contribution is -2.40. The summed E-state index contributed by atoms with van der Waals surface area (Å²) in [4.78, 5) is 25.8. The molecule has 90 valence electrons. The fourth-order valence-electron chi connectivity index (χ4n) is 1.74. The van der Waals surface area contributed by atoms with E-state index in [1.165, 1.54) is 11.3 Å². The Kier molecular flexibility index (Phi) is 2.97. The van der Waals surface area contributed by atoms with Gasteiger partial charge in [0.25, 0.3) is 5.91 Å². The number of imide groups is 1. The summed E-state index contributed by atoms with van der Waals surface area (Å²) in [5.41, 5.74) is -0.989. The molecule has 1 fully saturated rings. The summed E-state index contributed by atoms with van der Waals surface area (Å²) >= 11 is 7.07. The average Bonchev–Trinajstić information content (AvgIpc) is 2.83. The third-order valence-electron chi connectivity index (χ3n) is 2.62. The van der Waals surface area contributed by atoms with Gasteiger partial charge in [0, 0.05) is 9.91 Å². The predicted octanol–water partition coefficient (Wildman–Crippen LogP) is 2.27. The molecule has 3 amide bonds. The Morgan fingerprint density at radius 1 is 1.65 bits per heavy atom. The molecule has 17 heavy (non-hydrogen) atoms. The van der Waals surface area contributed by atoms with Crippen molar-refractivity contribution < 1.29 is 9.59 Å². The van der Waals surface area contributed by atoms with Gasteiger partial charge in [-0.25, -0.2) is 4.79 Å². The second-order valence-electron chi connectivity index (χ2n) is 3.94. The smallest absolute Gasteiger partial charge is 0.319 e. The van der Waals surface area contributed by atoms with E-state index in [9.17, 15) is 9.59 Å². The lowest BCUT2D eigenvalue weighted by molar-refractivity contribution is -0.130. The molecule has 1 aromatic heterocycles. The van der Waals surface area contributed by atoms with Crippen LogP contribution in [-0.2, 0) is 10.3 Å². The van der Waals surface area contributed by atoms with Crippen LogP contribution >= 0.6 is 22.9 Å². The molecule has 2 heterocycles. The highest BCUT2D eigenvalue weighted by atomic mass is 35.5. The van der Waals surface area contributed by atoms with Gasteiger partial charge < -0.3 is 5.32 Å². The van der Waals surface area contributed by atoms with Gasteiger partial charge >= 0.3 is 6.03 Å². The molecule has 0 spiro atoms. The van der Waals surface area contributed by atoms with Crippen molar-refractivity contribution in [3.05, 3.63) is 34.0 Å². The van der Waals surface area contributed by atoms with Crippen LogP contribution in [0.3, 0.4) is 0 Å². The van der Waals surface area contributed by atoms with Gasteiger partial charge in [-0.2, -0.15) is 0 Å². The Morgan fingerprint density at radius 3 is 2.88 bits per heavy atom. The minimum absolute atomic E-state index is 0.0349. The van der Waals surface area contributed by atoms with E-state index < -0.39 is 11.6 Å². The van der Waals surface area contributed by atoms with Crippen LogP contribution in [0.25, 0.3) is 0 Å².